The molecule has 6 nitrogen and oxygen atoms in total. The summed E-state index contributed by atoms with van der Waals surface area (Å²) >= 11 is 1.82. The summed E-state index contributed by atoms with van der Waals surface area (Å²) in [7, 11) is 1.76. The third-order valence-corrected chi connectivity index (χ3v) is 4.23. The summed E-state index contributed by atoms with van der Waals surface area (Å²) in [6.45, 7) is 2.51. The Morgan fingerprint density at radius 3 is 3.24 bits per heavy atom. The molecule has 3 heterocycles. The Balaban J connectivity index is 1.42. The van der Waals surface area contributed by atoms with Crippen molar-refractivity contribution < 1.29 is 4.42 Å². The zero-order chi connectivity index (χ0) is 14.5. The number of aryl methyl sites for hydroxylation is 1. The van der Waals surface area contributed by atoms with Crippen LogP contribution in [0.4, 0.5) is 0 Å². The summed E-state index contributed by atoms with van der Waals surface area (Å²) in [6, 6.07) is 3.81. The second kappa shape index (κ2) is 6.71. The van der Waals surface area contributed by atoms with Gasteiger partial charge in [0.15, 0.2) is 11.1 Å². The van der Waals surface area contributed by atoms with Gasteiger partial charge < -0.3 is 19.6 Å². The van der Waals surface area contributed by atoms with Crippen molar-refractivity contribution >= 4 is 17.7 Å². The molecule has 1 aliphatic rings. The molecule has 0 aliphatic carbocycles. The maximum Gasteiger partial charge on any atom is 0.191 e. The number of hydrogen-bond acceptors (Lipinski definition) is 4. The van der Waals surface area contributed by atoms with E-state index >= 15 is 0 Å². The molecule has 1 aliphatic heterocycles. The van der Waals surface area contributed by atoms with Crippen molar-refractivity contribution in [2.45, 2.75) is 24.7 Å². The van der Waals surface area contributed by atoms with Gasteiger partial charge in [-0.3, -0.25) is 4.99 Å². The van der Waals surface area contributed by atoms with Crippen LogP contribution in [-0.4, -0.2) is 34.9 Å². The van der Waals surface area contributed by atoms with Crippen LogP contribution in [0.3, 0.4) is 0 Å². The van der Waals surface area contributed by atoms with Gasteiger partial charge in [-0.1, -0.05) is 11.8 Å². The zero-order valence-electron chi connectivity index (χ0n) is 12.0. The van der Waals surface area contributed by atoms with E-state index in [1.54, 1.807) is 13.3 Å². The Hall–Kier alpha value is -1.89. The van der Waals surface area contributed by atoms with Crippen molar-refractivity contribution in [3.05, 3.63) is 36.0 Å². The fourth-order valence-electron chi connectivity index (χ4n) is 2.20. The highest BCUT2D eigenvalue weighted by atomic mass is 32.2. The van der Waals surface area contributed by atoms with Gasteiger partial charge >= 0.3 is 0 Å². The lowest BCUT2D eigenvalue weighted by molar-refractivity contribution is 0.501. The van der Waals surface area contributed by atoms with Gasteiger partial charge in [-0.2, -0.15) is 0 Å². The Labute approximate surface area is 128 Å². The van der Waals surface area contributed by atoms with Crippen LogP contribution >= 0.6 is 11.8 Å². The van der Waals surface area contributed by atoms with E-state index in [2.05, 4.69) is 31.4 Å². The molecule has 21 heavy (non-hydrogen) atoms. The molecule has 2 aromatic rings. The molecule has 0 saturated carbocycles. The number of nitrogens with one attached hydrogen (secondary N) is 2. The minimum Gasteiger partial charge on any atom is -0.467 e. The van der Waals surface area contributed by atoms with Crippen LogP contribution in [0.25, 0.3) is 0 Å². The van der Waals surface area contributed by atoms with Crippen molar-refractivity contribution in [3.63, 3.8) is 0 Å². The lowest BCUT2D eigenvalue weighted by Gasteiger charge is -2.10. The Morgan fingerprint density at radius 2 is 2.48 bits per heavy atom. The third kappa shape index (κ3) is 3.60. The molecule has 2 N–H and O–H groups in total. The summed E-state index contributed by atoms with van der Waals surface area (Å²) in [6.07, 6.45) is 4.71. The number of furan rings is 1. The average Bonchev–Trinajstić information content (AvgIpc) is 3.18. The van der Waals surface area contributed by atoms with Crippen molar-refractivity contribution in [2.24, 2.45) is 4.99 Å². The molecule has 0 fully saturated rings. The number of guanidine groups is 1. The van der Waals surface area contributed by atoms with Gasteiger partial charge in [0.2, 0.25) is 0 Å². The van der Waals surface area contributed by atoms with Gasteiger partial charge in [-0.15, -0.1) is 0 Å². The Kier molecular flexibility index (Phi) is 4.49. The van der Waals surface area contributed by atoms with Crippen molar-refractivity contribution in [2.75, 3.05) is 19.3 Å². The first-order valence-electron chi connectivity index (χ1n) is 7.01. The molecule has 3 rings (SSSR count). The van der Waals surface area contributed by atoms with Crippen LogP contribution in [0, 0.1) is 0 Å². The number of aliphatic imine (C=N–C) groups is 1. The van der Waals surface area contributed by atoms with E-state index in [9.17, 15) is 0 Å². The first-order valence-corrected chi connectivity index (χ1v) is 7.99. The standard InChI is InChI=1S/C14H19N5OS/c1-15-13(17-9-12-3-2-7-20-12)16-5-4-11-10-19-6-8-21-14(19)18-11/h2-3,7,10H,4-6,8-9H2,1H3,(H2,15,16,17). The number of hydrogen-bond donors (Lipinski definition) is 2. The smallest absolute Gasteiger partial charge is 0.191 e. The lowest BCUT2D eigenvalue weighted by atomic mass is 10.3. The lowest BCUT2D eigenvalue weighted by Crippen LogP contribution is -2.37. The van der Waals surface area contributed by atoms with E-state index in [0.717, 1.165) is 47.8 Å². The predicted octanol–water partition coefficient (Wildman–Crippen LogP) is 1.49. The number of aromatic nitrogens is 2. The van der Waals surface area contributed by atoms with E-state index in [4.69, 9.17) is 4.42 Å². The molecule has 0 saturated heterocycles. The maximum atomic E-state index is 5.28. The Bertz CT molecular complexity index is 583. The largest absolute Gasteiger partial charge is 0.467 e. The summed E-state index contributed by atoms with van der Waals surface area (Å²) in [5, 5.41) is 7.64. The van der Waals surface area contributed by atoms with Gasteiger partial charge in [0.1, 0.15) is 5.76 Å². The summed E-state index contributed by atoms with van der Waals surface area (Å²) < 4.78 is 7.50. The summed E-state index contributed by atoms with van der Waals surface area (Å²) in [5.74, 6) is 2.80. The normalized spacial score (nSPS) is 14.2. The minimum absolute atomic E-state index is 0.627. The van der Waals surface area contributed by atoms with Crippen molar-refractivity contribution in [1.82, 2.24) is 20.2 Å². The van der Waals surface area contributed by atoms with Crippen LogP contribution in [0.15, 0.2) is 39.2 Å². The molecule has 0 spiro atoms. The van der Waals surface area contributed by atoms with E-state index in [1.165, 1.54) is 0 Å². The third-order valence-electron chi connectivity index (χ3n) is 3.26. The molecular formula is C14H19N5OS. The summed E-state index contributed by atoms with van der Waals surface area (Å²) in [4.78, 5) is 8.80. The molecule has 0 amide bonds. The number of thioether (sulfide) groups is 1. The first-order chi connectivity index (χ1) is 10.3. The predicted molar refractivity (Wildman–Crippen MR) is 83.6 cm³/mol. The molecule has 2 aromatic heterocycles. The molecule has 0 bridgehead atoms. The van der Waals surface area contributed by atoms with E-state index in [1.807, 2.05) is 23.9 Å². The monoisotopic (exact) mass is 305 g/mol. The average molecular weight is 305 g/mol. The highest BCUT2D eigenvalue weighted by Gasteiger charge is 2.13. The van der Waals surface area contributed by atoms with E-state index in [0.29, 0.717) is 6.54 Å². The molecule has 0 aromatic carbocycles. The molecule has 0 atom stereocenters. The minimum atomic E-state index is 0.627. The quantitative estimate of drug-likeness (QED) is 0.647. The van der Waals surface area contributed by atoms with E-state index in [-0.39, 0.29) is 0 Å². The number of rotatable bonds is 5. The molecule has 0 unspecified atom stereocenters. The topological polar surface area (TPSA) is 67.4 Å². The van der Waals surface area contributed by atoms with Crippen LogP contribution in [-0.2, 0) is 19.5 Å². The van der Waals surface area contributed by atoms with Gasteiger partial charge in [0, 0.05) is 38.5 Å². The van der Waals surface area contributed by atoms with E-state index < -0.39 is 0 Å². The SMILES string of the molecule is CN=C(NCCc1cn2c(n1)SCC2)NCc1ccco1. The molecule has 112 valence electrons. The molecular weight excluding hydrogens is 286 g/mol. The second-order valence-electron chi connectivity index (χ2n) is 4.74. The number of fused-ring (bicyclic) bond motifs is 1. The van der Waals surface area contributed by atoms with Crippen molar-refractivity contribution in [3.8, 4) is 0 Å². The second-order valence-corrected chi connectivity index (χ2v) is 5.80. The van der Waals surface area contributed by atoms with Gasteiger partial charge in [-0.05, 0) is 12.1 Å². The molecule has 7 heteroatoms. The van der Waals surface area contributed by atoms with Crippen molar-refractivity contribution in [1.29, 1.82) is 0 Å². The summed E-state index contributed by atoms with van der Waals surface area (Å²) in [5.41, 5.74) is 1.13. The van der Waals surface area contributed by atoms with Crippen LogP contribution < -0.4 is 10.6 Å². The fraction of sp³-hybridized carbons (Fsp3) is 0.429. The number of imidazole rings is 1. The maximum absolute atomic E-state index is 5.28. The highest BCUT2D eigenvalue weighted by molar-refractivity contribution is 7.99. The number of nitrogens with zero attached hydrogens (tertiary/aromatic N) is 3. The van der Waals surface area contributed by atoms with Crippen LogP contribution in [0.2, 0.25) is 0 Å². The zero-order valence-corrected chi connectivity index (χ0v) is 12.8. The van der Waals surface area contributed by atoms with Gasteiger partial charge in [0.25, 0.3) is 0 Å². The molecule has 0 radical (unpaired) electrons. The Morgan fingerprint density at radius 1 is 1.52 bits per heavy atom. The fourth-order valence-corrected chi connectivity index (χ4v) is 3.16. The van der Waals surface area contributed by atoms with Gasteiger partial charge in [-0.25, -0.2) is 4.98 Å². The first kappa shape index (κ1) is 14.1. The highest BCUT2D eigenvalue weighted by Crippen LogP contribution is 2.24. The van der Waals surface area contributed by atoms with Crippen LogP contribution in [0.1, 0.15) is 11.5 Å². The van der Waals surface area contributed by atoms with Crippen LogP contribution in [0.5, 0.6) is 0 Å². The van der Waals surface area contributed by atoms with Gasteiger partial charge in [0.05, 0.1) is 18.5 Å².